The predicted octanol–water partition coefficient (Wildman–Crippen LogP) is 5.35. The first kappa shape index (κ1) is 15.9. The molecule has 4 unspecified atom stereocenters. The summed E-state index contributed by atoms with van der Waals surface area (Å²) in [5, 5.41) is 3.72. The first-order valence-corrected chi connectivity index (χ1v) is 10.1. The lowest BCUT2D eigenvalue weighted by molar-refractivity contribution is 0.287. The fourth-order valence-corrected chi connectivity index (χ4v) is 5.50. The number of benzene rings is 1. The van der Waals surface area contributed by atoms with Crippen LogP contribution in [0.1, 0.15) is 39.0 Å². The zero-order valence-electron chi connectivity index (χ0n) is 12.9. The molecule has 116 valence electrons. The molecular weight excluding hydrogens is 342 g/mol. The van der Waals surface area contributed by atoms with E-state index in [4.69, 9.17) is 0 Å². The highest BCUT2D eigenvalue weighted by Gasteiger charge is 2.39. The van der Waals surface area contributed by atoms with E-state index in [0.717, 1.165) is 28.8 Å². The summed E-state index contributed by atoms with van der Waals surface area (Å²) in [6, 6.07) is 9.39. The quantitative estimate of drug-likeness (QED) is 0.652. The minimum absolute atomic E-state index is 0.674. The molecule has 1 nitrogen and oxygen atoms in total. The Bertz CT molecular complexity index is 447. The van der Waals surface area contributed by atoms with E-state index >= 15 is 0 Å². The molecule has 21 heavy (non-hydrogen) atoms. The molecule has 1 N–H and O–H groups in total. The monoisotopic (exact) mass is 367 g/mol. The van der Waals surface area contributed by atoms with Gasteiger partial charge in [0.1, 0.15) is 0 Å². The van der Waals surface area contributed by atoms with Crippen LogP contribution >= 0.6 is 27.7 Å². The summed E-state index contributed by atoms with van der Waals surface area (Å²) in [6.07, 6.45) is 7.45. The van der Waals surface area contributed by atoms with E-state index in [1.54, 1.807) is 0 Å². The van der Waals surface area contributed by atoms with Gasteiger partial charge in [-0.2, -0.15) is 0 Å². The Morgan fingerprint density at radius 1 is 1.24 bits per heavy atom. The Hall–Kier alpha value is 0.01000. The summed E-state index contributed by atoms with van der Waals surface area (Å²) >= 11 is 5.50. The SMILES string of the molecule is CCNC(CSc1ccc(Br)cc1)CC1CC2CCC1C2. The van der Waals surface area contributed by atoms with Crippen LogP contribution in [0.25, 0.3) is 0 Å². The molecule has 2 fully saturated rings. The van der Waals surface area contributed by atoms with Crippen LogP contribution in [0.2, 0.25) is 0 Å². The number of fused-ring (bicyclic) bond motifs is 2. The Morgan fingerprint density at radius 3 is 2.67 bits per heavy atom. The molecule has 2 aliphatic rings. The van der Waals surface area contributed by atoms with Crippen molar-refractivity contribution in [3.63, 3.8) is 0 Å². The fourth-order valence-electron chi connectivity index (χ4n) is 4.26. The van der Waals surface area contributed by atoms with Crippen molar-refractivity contribution < 1.29 is 0 Å². The Labute approximate surface area is 141 Å². The smallest absolute Gasteiger partial charge is 0.0176 e. The third kappa shape index (κ3) is 4.27. The van der Waals surface area contributed by atoms with Gasteiger partial charge in [0, 0.05) is 21.2 Å². The van der Waals surface area contributed by atoms with Crippen LogP contribution in [0, 0.1) is 17.8 Å². The summed E-state index contributed by atoms with van der Waals surface area (Å²) in [6.45, 7) is 3.32. The van der Waals surface area contributed by atoms with E-state index in [1.165, 1.54) is 42.8 Å². The first-order chi connectivity index (χ1) is 10.2. The van der Waals surface area contributed by atoms with Crippen LogP contribution < -0.4 is 5.32 Å². The molecule has 2 saturated carbocycles. The van der Waals surface area contributed by atoms with Crippen molar-refractivity contribution >= 4 is 27.7 Å². The molecule has 2 aliphatic carbocycles. The van der Waals surface area contributed by atoms with Gasteiger partial charge in [0.25, 0.3) is 0 Å². The van der Waals surface area contributed by atoms with Crippen molar-refractivity contribution in [3.05, 3.63) is 28.7 Å². The maximum absolute atomic E-state index is 3.72. The average molecular weight is 368 g/mol. The molecule has 2 bridgehead atoms. The van der Waals surface area contributed by atoms with Gasteiger partial charge in [-0.1, -0.05) is 29.3 Å². The van der Waals surface area contributed by atoms with Crippen molar-refractivity contribution in [2.75, 3.05) is 12.3 Å². The number of halogens is 1. The highest BCUT2D eigenvalue weighted by atomic mass is 79.9. The highest BCUT2D eigenvalue weighted by molar-refractivity contribution is 9.10. The summed E-state index contributed by atoms with van der Waals surface area (Å²) in [4.78, 5) is 1.38. The lowest BCUT2D eigenvalue weighted by atomic mass is 9.84. The van der Waals surface area contributed by atoms with Crippen LogP contribution in [-0.4, -0.2) is 18.3 Å². The van der Waals surface area contributed by atoms with Gasteiger partial charge in [-0.3, -0.25) is 0 Å². The molecule has 0 amide bonds. The summed E-state index contributed by atoms with van der Waals surface area (Å²) in [5.41, 5.74) is 0. The van der Waals surface area contributed by atoms with E-state index in [9.17, 15) is 0 Å². The summed E-state index contributed by atoms with van der Waals surface area (Å²) < 4.78 is 1.16. The van der Waals surface area contributed by atoms with Crippen molar-refractivity contribution in [1.29, 1.82) is 0 Å². The molecule has 0 heterocycles. The van der Waals surface area contributed by atoms with Gasteiger partial charge in [-0.15, -0.1) is 11.8 Å². The van der Waals surface area contributed by atoms with Gasteiger partial charge < -0.3 is 5.32 Å². The second-order valence-corrected chi connectivity index (χ2v) is 8.70. The van der Waals surface area contributed by atoms with E-state index in [1.807, 2.05) is 11.8 Å². The molecule has 4 atom stereocenters. The summed E-state index contributed by atoms with van der Waals surface area (Å²) in [7, 11) is 0. The van der Waals surface area contributed by atoms with Gasteiger partial charge in [-0.25, -0.2) is 0 Å². The minimum atomic E-state index is 0.674. The van der Waals surface area contributed by atoms with Gasteiger partial charge >= 0.3 is 0 Å². The van der Waals surface area contributed by atoms with Gasteiger partial charge in [0.15, 0.2) is 0 Å². The predicted molar refractivity (Wildman–Crippen MR) is 95.9 cm³/mol. The first-order valence-electron chi connectivity index (χ1n) is 8.36. The fraction of sp³-hybridized carbons (Fsp3) is 0.667. The molecule has 0 spiro atoms. The van der Waals surface area contributed by atoms with Crippen molar-refractivity contribution in [1.82, 2.24) is 5.32 Å². The molecule has 1 aromatic carbocycles. The topological polar surface area (TPSA) is 12.0 Å². The number of hydrogen-bond donors (Lipinski definition) is 1. The molecular formula is C18H26BrNS. The molecule has 0 aromatic heterocycles. The largest absolute Gasteiger partial charge is 0.313 e. The van der Waals surface area contributed by atoms with Crippen molar-refractivity contribution in [2.45, 2.75) is 50.0 Å². The second kappa shape index (κ2) is 7.52. The van der Waals surface area contributed by atoms with E-state index < -0.39 is 0 Å². The zero-order valence-corrected chi connectivity index (χ0v) is 15.3. The number of rotatable bonds is 7. The van der Waals surface area contributed by atoms with E-state index in [0.29, 0.717) is 6.04 Å². The Morgan fingerprint density at radius 2 is 2.05 bits per heavy atom. The van der Waals surface area contributed by atoms with Gasteiger partial charge in [0.05, 0.1) is 0 Å². The van der Waals surface area contributed by atoms with Crippen LogP contribution in [-0.2, 0) is 0 Å². The van der Waals surface area contributed by atoms with Gasteiger partial charge in [0.2, 0.25) is 0 Å². The van der Waals surface area contributed by atoms with Crippen LogP contribution in [0.3, 0.4) is 0 Å². The van der Waals surface area contributed by atoms with Crippen LogP contribution in [0.5, 0.6) is 0 Å². The third-order valence-electron chi connectivity index (χ3n) is 5.23. The molecule has 3 rings (SSSR count). The van der Waals surface area contributed by atoms with Crippen LogP contribution in [0.4, 0.5) is 0 Å². The second-order valence-electron chi connectivity index (χ2n) is 6.69. The van der Waals surface area contributed by atoms with Gasteiger partial charge in [-0.05, 0) is 74.2 Å². The zero-order chi connectivity index (χ0) is 14.7. The maximum atomic E-state index is 3.72. The van der Waals surface area contributed by atoms with E-state index in [-0.39, 0.29) is 0 Å². The van der Waals surface area contributed by atoms with E-state index in [2.05, 4.69) is 52.4 Å². The molecule has 1 aromatic rings. The normalized spacial score (nSPS) is 29.0. The number of hydrogen-bond acceptors (Lipinski definition) is 2. The highest BCUT2D eigenvalue weighted by Crippen LogP contribution is 2.50. The Balaban J connectivity index is 1.51. The van der Waals surface area contributed by atoms with Crippen LogP contribution in [0.15, 0.2) is 33.6 Å². The number of nitrogens with one attached hydrogen (secondary N) is 1. The minimum Gasteiger partial charge on any atom is -0.313 e. The molecule has 3 heteroatoms. The van der Waals surface area contributed by atoms with Crippen molar-refractivity contribution in [3.8, 4) is 0 Å². The average Bonchev–Trinajstić information content (AvgIpc) is 3.09. The lowest BCUT2D eigenvalue weighted by Crippen LogP contribution is -2.34. The maximum Gasteiger partial charge on any atom is 0.0176 e. The third-order valence-corrected chi connectivity index (χ3v) is 6.93. The van der Waals surface area contributed by atoms with Crippen molar-refractivity contribution in [2.24, 2.45) is 17.8 Å². The lowest BCUT2D eigenvalue weighted by Gasteiger charge is -2.27. The molecule has 0 radical (unpaired) electrons. The molecule has 0 aliphatic heterocycles. The Kier molecular flexibility index (Phi) is 5.69. The summed E-state index contributed by atoms with van der Waals surface area (Å²) in [5.74, 6) is 4.32. The molecule has 0 saturated heterocycles. The standard InChI is InChI=1S/C18H26BrNS/c1-2-20-17(11-15-10-13-3-4-14(15)9-13)12-21-18-7-5-16(19)6-8-18/h5-8,13-15,17,20H,2-4,9-12H2,1H3. The number of thioether (sulfide) groups is 1.